The topological polar surface area (TPSA) is 51.2 Å². The highest BCUT2D eigenvalue weighted by atomic mass is 127. The quantitative estimate of drug-likeness (QED) is 0.334. The van der Waals surface area contributed by atoms with Gasteiger partial charge in [0.25, 0.3) is 0 Å². The van der Waals surface area contributed by atoms with Crippen molar-refractivity contribution in [1.82, 2.24) is 20.0 Å². The van der Waals surface area contributed by atoms with Crippen LogP contribution in [-0.2, 0) is 11.3 Å². The van der Waals surface area contributed by atoms with E-state index in [4.69, 9.17) is 4.99 Å². The highest BCUT2D eigenvalue weighted by Crippen LogP contribution is 2.28. The van der Waals surface area contributed by atoms with E-state index in [1.807, 2.05) is 11.9 Å². The number of halogens is 2. The number of piperazine rings is 1. The fourth-order valence-corrected chi connectivity index (χ4v) is 3.81. The summed E-state index contributed by atoms with van der Waals surface area (Å²) in [4.78, 5) is 23.6. The molecule has 0 spiro atoms. The lowest BCUT2D eigenvalue weighted by atomic mass is 9.84. The standard InChI is InChI=1S/C22H34FN5O.HI/c1-3-24-22(26(2)17-18-7-9-20(23)10-8-18)25-11-12-27-13-15-28(16-14-27)21(29)19-5-4-6-19;/h7-10,19H,3-6,11-17H2,1-2H3,(H,24,25);1H. The molecule has 6 nitrogen and oxygen atoms in total. The SMILES string of the molecule is CCNC(=NCCN1CCN(C(=O)C2CCC2)CC1)N(C)Cc1ccc(F)cc1.I. The molecule has 2 fully saturated rings. The van der Waals surface area contributed by atoms with Gasteiger partial charge in [0.1, 0.15) is 5.82 Å². The van der Waals surface area contributed by atoms with Crippen LogP contribution in [0.4, 0.5) is 4.39 Å². The van der Waals surface area contributed by atoms with Crippen molar-refractivity contribution >= 4 is 35.8 Å². The van der Waals surface area contributed by atoms with E-state index in [1.54, 1.807) is 12.1 Å². The fourth-order valence-electron chi connectivity index (χ4n) is 3.81. The smallest absolute Gasteiger partial charge is 0.225 e. The van der Waals surface area contributed by atoms with Crippen LogP contribution in [0.1, 0.15) is 31.7 Å². The predicted octanol–water partition coefficient (Wildman–Crippen LogP) is 2.79. The van der Waals surface area contributed by atoms with Crippen LogP contribution in [0.25, 0.3) is 0 Å². The third-order valence-electron chi connectivity index (χ3n) is 5.85. The number of benzene rings is 1. The third-order valence-corrected chi connectivity index (χ3v) is 5.85. The van der Waals surface area contributed by atoms with Gasteiger partial charge in [0.2, 0.25) is 5.91 Å². The molecule has 0 unspecified atom stereocenters. The van der Waals surface area contributed by atoms with Crippen LogP contribution in [0.15, 0.2) is 29.3 Å². The lowest BCUT2D eigenvalue weighted by molar-refractivity contribution is -0.139. The Bertz CT molecular complexity index is 687. The molecule has 168 valence electrons. The van der Waals surface area contributed by atoms with Gasteiger partial charge in [-0.25, -0.2) is 4.39 Å². The highest BCUT2D eigenvalue weighted by molar-refractivity contribution is 14.0. The molecule has 1 aliphatic carbocycles. The summed E-state index contributed by atoms with van der Waals surface area (Å²) in [5.74, 6) is 1.30. The van der Waals surface area contributed by atoms with E-state index in [9.17, 15) is 9.18 Å². The molecule has 1 saturated carbocycles. The van der Waals surface area contributed by atoms with Crippen molar-refractivity contribution in [2.45, 2.75) is 32.7 Å². The van der Waals surface area contributed by atoms with E-state index in [2.05, 4.69) is 22.0 Å². The van der Waals surface area contributed by atoms with Gasteiger partial charge in [0.15, 0.2) is 5.96 Å². The van der Waals surface area contributed by atoms with Crippen molar-refractivity contribution in [1.29, 1.82) is 0 Å². The van der Waals surface area contributed by atoms with E-state index >= 15 is 0 Å². The van der Waals surface area contributed by atoms with E-state index < -0.39 is 0 Å². The van der Waals surface area contributed by atoms with Gasteiger partial charge >= 0.3 is 0 Å². The van der Waals surface area contributed by atoms with Gasteiger partial charge in [-0.05, 0) is 37.5 Å². The molecular formula is C22H35FIN5O. The molecule has 1 heterocycles. The van der Waals surface area contributed by atoms with Gasteiger partial charge in [0, 0.05) is 58.8 Å². The lowest BCUT2D eigenvalue weighted by Gasteiger charge is -2.38. The Hall–Kier alpha value is -1.42. The van der Waals surface area contributed by atoms with E-state index in [-0.39, 0.29) is 29.8 Å². The van der Waals surface area contributed by atoms with Gasteiger partial charge in [-0.15, -0.1) is 24.0 Å². The first-order chi connectivity index (χ1) is 14.1. The number of aliphatic imine (C=N–C) groups is 1. The monoisotopic (exact) mass is 531 g/mol. The van der Waals surface area contributed by atoms with Crippen molar-refractivity contribution in [2.75, 3.05) is 52.9 Å². The summed E-state index contributed by atoms with van der Waals surface area (Å²) in [5.41, 5.74) is 1.05. The van der Waals surface area contributed by atoms with Crippen LogP contribution in [0.3, 0.4) is 0 Å². The molecule has 0 radical (unpaired) electrons. The zero-order chi connectivity index (χ0) is 20.6. The number of guanidine groups is 1. The average molecular weight is 531 g/mol. The van der Waals surface area contributed by atoms with Gasteiger partial charge in [-0.3, -0.25) is 14.7 Å². The fraction of sp³-hybridized carbons (Fsp3) is 0.636. The van der Waals surface area contributed by atoms with Crippen LogP contribution >= 0.6 is 24.0 Å². The number of carbonyl (C=O) groups excluding carboxylic acids is 1. The number of rotatable bonds is 7. The molecule has 1 N–H and O–H groups in total. The van der Waals surface area contributed by atoms with Crippen molar-refractivity contribution in [2.24, 2.45) is 10.9 Å². The van der Waals surface area contributed by atoms with Gasteiger partial charge in [-0.2, -0.15) is 0 Å². The molecule has 8 heteroatoms. The maximum Gasteiger partial charge on any atom is 0.225 e. The minimum Gasteiger partial charge on any atom is -0.357 e. The summed E-state index contributed by atoms with van der Waals surface area (Å²) < 4.78 is 13.1. The summed E-state index contributed by atoms with van der Waals surface area (Å²) in [6, 6.07) is 6.59. The second kappa shape index (κ2) is 12.4. The van der Waals surface area contributed by atoms with Crippen LogP contribution in [-0.4, -0.2) is 79.4 Å². The van der Waals surface area contributed by atoms with E-state index in [1.165, 1.54) is 18.6 Å². The summed E-state index contributed by atoms with van der Waals surface area (Å²) in [5, 5.41) is 3.33. The van der Waals surface area contributed by atoms with Crippen LogP contribution in [0.2, 0.25) is 0 Å². The Morgan fingerprint density at radius 2 is 1.87 bits per heavy atom. The Morgan fingerprint density at radius 1 is 1.20 bits per heavy atom. The molecule has 1 aliphatic heterocycles. The van der Waals surface area contributed by atoms with Gasteiger partial charge in [-0.1, -0.05) is 18.6 Å². The normalized spacial score (nSPS) is 17.8. The zero-order valence-electron chi connectivity index (χ0n) is 18.1. The molecule has 1 saturated heterocycles. The van der Waals surface area contributed by atoms with Crippen molar-refractivity contribution < 1.29 is 9.18 Å². The number of nitrogens with zero attached hydrogens (tertiary/aromatic N) is 4. The van der Waals surface area contributed by atoms with E-state index in [0.29, 0.717) is 24.9 Å². The summed E-state index contributed by atoms with van der Waals surface area (Å²) >= 11 is 0. The third kappa shape index (κ3) is 7.08. The molecule has 0 bridgehead atoms. The largest absolute Gasteiger partial charge is 0.357 e. The van der Waals surface area contributed by atoms with Crippen LogP contribution in [0, 0.1) is 11.7 Å². The lowest BCUT2D eigenvalue weighted by Crippen LogP contribution is -2.51. The van der Waals surface area contributed by atoms with Crippen molar-refractivity contribution in [3.8, 4) is 0 Å². The number of hydrogen-bond acceptors (Lipinski definition) is 3. The van der Waals surface area contributed by atoms with Crippen LogP contribution < -0.4 is 5.32 Å². The predicted molar refractivity (Wildman–Crippen MR) is 130 cm³/mol. The second-order valence-corrected chi connectivity index (χ2v) is 8.01. The molecule has 0 aromatic heterocycles. The summed E-state index contributed by atoms with van der Waals surface area (Å²) in [7, 11) is 2.00. The van der Waals surface area contributed by atoms with Gasteiger partial charge < -0.3 is 15.1 Å². The Labute approximate surface area is 196 Å². The number of amides is 1. The number of hydrogen-bond donors (Lipinski definition) is 1. The number of carbonyl (C=O) groups is 1. The van der Waals surface area contributed by atoms with Gasteiger partial charge in [0.05, 0.1) is 6.54 Å². The average Bonchev–Trinajstić information content (AvgIpc) is 2.68. The first kappa shape index (κ1) is 24.8. The van der Waals surface area contributed by atoms with Crippen molar-refractivity contribution in [3.05, 3.63) is 35.6 Å². The second-order valence-electron chi connectivity index (χ2n) is 8.01. The minimum absolute atomic E-state index is 0. The highest BCUT2D eigenvalue weighted by Gasteiger charge is 2.30. The maximum absolute atomic E-state index is 13.1. The molecule has 3 rings (SSSR count). The molecular weight excluding hydrogens is 496 g/mol. The minimum atomic E-state index is -0.216. The first-order valence-corrected chi connectivity index (χ1v) is 10.8. The first-order valence-electron chi connectivity index (χ1n) is 10.8. The Balaban J connectivity index is 0.00000320. The Morgan fingerprint density at radius 3 is 2.43 bits per heavy atom. The van der Waals surface area contributed by atoms with Crippen molar-refractivity contribution in [3.63, 3.8) is 0 Å². The number of nitrogens with one attached hydrogen (secondary N) is 1. The molecule has 1 aromatic rings. The molecule has 30 heavy (non-hydrogen) atoms. The maximum atomic E-state index is 13.1. The molecule has 1 aromatic carbocycles. The zero-order valence-corrected chi connectivity index (χ0v) is 20.5. The summed E-state index contributed by atoms with van der Waals surface area (Å²) in [6.07, 6.45) is 3.36. The summed E-state index contributed by atoms with van der Waals surface area (Å²) in [6.45, 7) is 8.67. The van der Waals surface area contributed by atoms with E-state index in [0.717, 1.165) is 63.6 Å². The molecule has 0 atom stereocenters. The Kier molecular flexibility index (Phi) is 10.3. The molecule has 2 aliphatic rings. The van der Waals surface area contributed by atoms with Crippen LogP contribution in [0.5, 0.6) is 0 Å². The molecule has 1 amide bonds.